The Morgan fingerprint density at radius 2 is 0.833 bits per heavy atom. The SMILES string of the molecule is CC1N(O)C(C)N(O)C(C)N1O. The molecule has 0 radical (unpaired) electrons. The second kappa shape index (κ2) is 3.25. The highest BCUT2D eigenvalue weighted by Crippen LogP contribution is 2.19. The van der Waals surface area contributed by atoms with E-state index in [0.717, 1.165) is 15.2 Å². The standard InChI is InChI=1S/C6H15N3O3/c1-4-7(10)5(2)9(12)6(3)8(4)11/h4-6,10-12H,1-3H3. The first-order valence-corrected chi connectivity index (χ1v) is 3.88. The zero-order chi connectivity index (χ0) is 9.46. The molecule has 6 heteroatoms. The lowest BCUT2D eigenvalue weighted by Gasteiger charge is -2.46. The van der Waals surface area contributed by atoms with E-state index < -0.39 is 18.5 Å². The Labute approximate surface area is 71.1 Å². The van der Waals surface area contributed by atoms with Gasteiger partial charge in [0, 0.05) is 0 Å². The minimum Gasteiger partial charge on any atom is -0.311 e. The first-order valence-electron chi connectivity index (χ1n) is 3.88. The molecule has 3 N–H and O–H groups in total. The fraction of sp³-hybridized carbons (Fsp3) is 1.00. The van der Waals surface area contributed by atoms with E-state index in [4.69, 9.17) is 0 Å². The van der Waals surface area contributed by atoms with Gasteiger partial charge in [-0.2, -0.15) is 15.2 Å². The molecule has 1 heterocycles. The van der Waals surface area contributed by atoms with E-state index in [1.807, 2.05) is 0 Å². The van der Waals surface area contributed by atoms with Crippen LogP contribution >= 0.6 is 0 Å². The molecule has 1 rings (SSSR count). The van der Waals surface area contributed by atoms with Gasteiger partial charge in [0.15, 0.2) is 0 Å². The van der Waals surface area contributed by atoms with Crippen LogP contribution in [0.3, 0.4) is 0 Å². The summed E-state index contributed by atoms with van der Waals surface area (Å²) in [5, 5.41) is 30.6. The van der Waals surface area contributed by atoms with Crippen molar-refractivity contribution < 1.29 is 15.6 Å². The summed E-state index contributed by atoms with van der Waals surface area (Å²) in [6.07, 6.45) is -1.55. The summed E-state index contributed by atoms with van der Waals surface area (Å²) >= 11 is 0. The van der Waals surface area contributed by atoms with Crippen LogP contribution in [0.4, 0.5) is 0 Å². The van der Waals surface area contributed by atoms with Crippen molar-refractivity contribution in [1.29, 1.82) is 0 Å². The molecule has 0 aliphatic carbocycles. The normalized spacial score (nSPS) is 42.0. The van der Waals surface area contributed by atoms with Crippen LogP contribution in [0, 0.1) is 0 Å². The molecule has 1 saturated heterocycles. The molecule has 0 amide bonds. The van der Waals surface area contributed by atoms with Crippen molar-refractivity contribution >= 4 is 0 Å². The molecule has 1 aliphatic rings. The van der Waals surface area contributed by atoms with E-state index in [2.05, 4.69) is 0 Å². The predicted molar refractivity (Wildman–Crippen MR) is 39.3 cm³/mol. The highest BCUT2D eigenvalue weighted by Gasteiger charge is 2.38. The maximum atomic E-state index is 9.33. The molecular weight excluding hydrogens is 162 g/mol. The summed E-state index contributed by atoms with van der Waals surface area (Å²) in [7, 11) is 0. The third-order valence-electron chi connectivity index (χ3n) is 2.30. The van der Waals surface area contributed by atoms with Crippen molar-refractivity contribution in [2.24, 2.45) is 0 Å². The number of nitrogens with zero attached hydrogens (tertiary/aromatic N) is 3. The van der Waals surface area contributed by atoms with Gasteiger partial charge in [-0.15, -0.1) is 0 Å². The quantitative estimate of drug-likeness (QED) is 0.488. The van der Waals surface area contributed by atoms with Crippen LogP contribution in [-0.2, 0) is 0 Å². The van der Waals surface area contributed by atoms with Gasteiger partial charge in [0.05, 0.1) is 0 Å². The Morgan fingerprint density at radius 3 is 1.00 bits per heavy atom. The Morgan fingerprint density at radius 1 is 0.667 bits per heavy atom. The van der Waals surface area contributed by atoms with Crippen molar-refractivity contribution in [3.63, 3.8) is 0 Å². The van der Waals surface area contributed by atoms with Gasteiger partial charge < -0.3 is 15.6 Å². The predicted octanol–water partition coefficient (Wildman–Crippen LogP) is 0.112. The molecule has 0 saturated carbocycles. The van der Waals surface area contributed by atoms with Crippen LogP contribution in [0.25, 0.3) is 0 Å². The van der Waals surface area contributed by atoms with Crippen molar-refractivity contribution in [2.45, 2.75) is 39.3 Å². The molecule has 6 nitrogen and oxygen atoms in total. The lowest BCUT2D eigenvalue weighted by molar-refractivity contribution is -0.405. The molecule has 0 unspecified atom stereocenters. The second-order valence-electron chi connectivity index (χ2n) is 3.04. The molecule has 0 bridgehead atoms. The third kappa shape index (κ3) is 1.33. The van der Waals surface area contributed by atoms with Gasteiger partial charge >= 0.3 is 0 Å². The molecule has 12 heavy (non-hydrogen) atoms. The van der Waals surface area contributed by atoms with Crippen LogP contribution in [0.15, 0.2) is 0 Å². The molecule has 0 spiro atoms. The second-order valence-corrected chi connectivity index (χ2v) is 3.04. The molecule has 72 valence electrons. The smallest absolute Gasteiger partial charge is 0.111 e. The van der Waals surface area contributed by atoms with Crippen molar-refractivity contribution in [3.8, 4) is 0 Å². The van der Waals surface area contributed by atoms with Crippen LogP contribution in [0.2, 0.25) is 0 Å². The van der Waals surface area contributed by atoms with E-state index in [-0.39, 0.29) is 0 Å². The number of rotatable bonds is 0. The summed E-state index contributed by atoms with van der Waals surface area (Å²) in [4.78, 5) is 0. The summed E-state index contributed by atoms with van der Waals surface area (Å²) in [6.45, 7) is 4.92. The average Bonchev–Trinajstić information content (AvgIpc) is 2.08. The van der Waals surface area contributed by atoms with E-state index in [1.165, 1.54) is 0 Å². The molecule has 0 aromatic rings. The zero-order valence-corrected chi connectivity index (χ0v) is 7.42. The zero-order valence-electron chi connectivity index (χ0n) is 7.42. The summed E-state index contributed by atoms with van der Waals surface area (Å²) in [5.41, 5.74) is 0. The number of hydrogen-bond acceptors (Lipinski definition) is 6. The van der Waals surface area contributed by atoms with Crippen LogP contribution < -0.4 is 0 Å². The van der Waals surface area contributed by atoms with Gasteiger partial charge in [-0.25, -0.2) is 0 Å². The summed E-state index contributed by atoms with van der Waals surface area (Å²) in [6, 6.07) is 0. The summed E-state index contributed by atoms with van der Waals surface area (Å²) in [5.74, 6) is 0. The van der Waals surface area contributed by atoms with Gasteiger partial charge in [-0.05, 0) is 20.8 Å². The van der Waals surface area contributed by atoms with Crippen molar-refractivity contribution in [1.82, 2.24) is 15.2 Å². The van der Waals surface area contributed by atoms with E-state index in [0.29, 0.717) is 0 Å². The Hall–Kier alpha value is -0.240. The molecule has 0 atom stereocenters. The highest BCUT2D eigenvalue weighted by atomic mass is 16.6. The van der Waals surface area contributed by atoms with Crippen LogP contribution in [-0.4, -0.2) is 49.3 Å². The first-order chi connectivity index (χ1) is 5.46. The van der Waals surface area contributed by atoms with Gasteiger partial charge in [0.1, 0.15) is 18.5 Å². The molecule has 1 fully saturated rings. The Kier molecular flexibility index (Phi) is 2.67. The minimum absolute atomic E-state index is 0.515. The number of hydrogen-bond donors (Lipinski definition) is 3. The lowest BCUT2D eigenvalue weighted by Crippen LogP contribution is -2.65. The van der Waals surface area contributed by atoms with E-state index in [1.54, 1.807) is 20.8 Å². The van der Waals surface area contributed by atoms with Gasteiger partial charge in [0.2, 0.25) is 0 Å². The van der Waals surface area contributed by atoms with Crippen LogP contribution in [0.1, 0.15) is 20.8 Å². The largest absolute Gasteiger partial charge is 0.311 e. The van der Waals surface area contributed by atoms with Gasteiger partial charge in [0.25, 0.3) is 0 Å². The fourth-order valence-corrected chi connectivity index (χ4v) is 1.30. The maximum Gasteiger partial charge on any atom is 0.111 e. The van der Waals surface area contributed by atoms with Gasteiger partial charge in [-0.3, -0.25) is 0 Å². The van der Waals surface area contributed by atoms with Crippen molar-refractivity contribution in [3.05, 3.63) is 0 Å². The Balaban J connectivity index is 2.76. The first kappa shape index (κ1) is 9.85. The van der Waals surface area contributed by atoms with Crippen molar-refractivity contribution in [2.75, 3.05) is 0 Å². The lowest BCUT2D eigenvalue weighted by atomic mass is 10.3. The fourth-order valence-electron chi connectivity index (χ4n) is 1.30. The topological polar surface area (TPSA) is 70.4 Å². The maximum absolute atomic E-state index is 9.33. The van der Waals surface area contributed by atoms with Crippen LogP contribution in [0.5, 0.6) is 0 Å². The highest BCUT2D eigenvalue weighted by molar-refractivity contribution is 4.72. The Bertz CT molecular complexity index is 110. The molecule has 0 aromatic carbocycles. The number of hydroxylamine groups is 6. The van der Waals surface area contributed by atoms with E-state index in [9.17, 15) is 15.6 Å². The van der Waals surface area contributed by atoms with E-state index >= 15 is 0 Å². The molecule has 0 aromatic heterocycles. The minimum atomic E-state index is -0.515. The third-order valence-corrected chi connectivity index (χ3v) is 2.30. The monoisotopic (exact) mass is 177 g/mol. The molecular formula is C6H15N3O3. The summed E-state index contributed by atoms with van der Waals surface area (Å²) < 4.78 is 0. The average molecular weight is 177 g/mol. The van der Waals surface area contributed by atoms with Gasteiger partial charge in [-0.1, -0.05) is 0 Å². The molecule has 1 aliphatic heterocycles.